The molecular weight excluding hydrogens is 320 g/mol. The second-order valence-electron chi connectivity index (χ2n) is 6.38. The van der Waals surface area contributed by atoms with E-state index in [9.17, 15) is 9.59 Å². The summed E-state index contributed by atoms with van der Waals surface area (Å²) in [6, 6.07) is 7.03. The van der Waals surface area contributed by atoms with Crippen LogP contribution in [0.25, 0.3) is 11.4 Å². The summed E-state index contributed by atoms with van der Waals surface area (Å²) in [6.45, 7) is 1.63. The van der Waals surface area contributed by atoms with E-state index in [-0.39, 0.29) is 17.9 Å². The maximum absolute atomic E-state index is 13.2. The van der Waals surface area contributed by atoms with Crippen LogP contribution in [0.4, 0.5) is 0 Å². The number of nitrogens with one attached hydrogen (secondary N) is 3. The smallest absolute Gasteiger partial charge is 0.255 e. The van der Waals surface area contributed by atoms with Crippen LogP contribution in [0.5, 0.6) is 0 Å². The highest BCUT2D eigenvalue weighted by atomic mass is 16.2. The van der Waals surface area contributed by atoms with Crippen LogP contribution >= 0.6 is 0 Å². The summed E-state index contributed by atoms with van der Waals surface area (Å²) in [5.74, 6) is 0.294. The predicted molar refractivity (Wildman–Crippen MR) is 90.7 cm³/mol. The lowest BCUT2D eigenvalue weighted by molar-refractivity contribution is -0.126. The normalized spacial score (nSPS) is 20.3. The molecule has 1 aromatic carbocycles. The SMILES string of the molecule is O=C(NC1CC1)C1CNCCN1C(=O)c1ccccc1-c1ncn[nH]1. The molecule has 8 nitrogen and oxygen atoms in total. The Morgan fingerprint density at radius 2 is 2.08 bits per heavy atom. The highest BCUT2D eigenvalue weighted by molar-refractivity contribution is 6.02. The number of carbonyl (C=O) groups excluding carboxylic acids is 2. The Hall–Kier alpha value is -2.74. The van der Waals surface area contributed by atoms with Crippen LogP contribution in [-0.2, 0) is 4.79 Å². The van der Waals surface area contributed by atoms with Gasteiger partial charge >= 0.3 is 0 Å². The van der Waals surface area contributed by atoms with Gasteiger partial charge in [-0.25, -0.2) is 4.98 Å². The number of aromatic nitrogens is 3. The van der Waals surface area contributed by atoms with E-state index in [1.165, 1.54) is 6.33 Å². The second kappa shape index (κ2) is 6.64. The first kappa shape index (κ1) is 15.8. The maximum atomic E-state index is 13.2. The van der Waals surface area contributed by atoms with E-state index in [2.05, 4.69) is 25.8 Å². The molecule has 0 spiro atoms. The number of H-pyrrole nitrogens is 1. The average Bonchev–Trinajstić information content (AvgIpc) is 3.30. The van der Waals surface area contributed by atoms with Gasteiger partial charge in [0.25, 0.3) is 5.91 Å². The Morgan fingerprint density at radius 1 is 1.24 bits per heavy atom. The van der Waals surface area contributed by atoms with Crippen LogP contribution in [-0.4, -0.2) is 63.6 Å². The number of nitrogens with zero attached hydrogens (tertiary/aromatic N) is 3. The van der Waals surface area contributed by atoms with Crippen molar-refractivity contribution in [2.24, 2.45) is 0 Å². The molecule has 1 saturated carbocycles. The molecule has 1 atom stereocenters. The molecule has 8 heteroatoms. The third-order valence-electron chi connectivity index (χ3n) is 4.56. The summed E-state index contributed by atoms with van der Waals surface area (Å²) in [4.78, 5) is 31.5. The quantitative estimate of drug-likeness (QED) is 0.736. The Morgan fingerprint density at radius 3 is 2.84 bits per heavy atom. The molecule has 1 aromatic heterocycles. The van der Waals surface area contributed by atoms with Gasteiger partial charge in [0.15, 0.2) is 5.82 Å². The average molecular weight is 340 g/mol. The zero-order valence-electron chi connectivity index (χ0n) is 13.7. The molecule has 3 N–H and O–H groups in total. The molecule has 1 aliphatic carbocycles. The number of piperazine rings is 1. The van der Waals surface area contributed by atoms with Crippen molar-refractivity contribution in [1.82, 2.24) is 30.7 Å². The van der Waals surface area contributed by atoms with Crippen molar-refractivity contribution in [2.75, 3.05) is 19.6 Å². The zero-order valence-corrected chi connectivity index (χ0v) is 13.7. The van der Waals surface area contributed by atoms with E-state index in [1.807, 2.05) is 18.2 Å². The highest BCUT2D eigenvalue weighted by Crippen LogP contribution is 2.23. The topological polar surface area (TPSA) is 103 Å². The summed E-state index contributed by atoms with van der Waals surface area (Å²) >= 11 is 0. The van der Waals surface area contributed by atoms with E-state index in [0.717, 1.165) is 12.8 Å². The molecule has 0 radical (unpaired) electrons. The molecule has 2 amide bonds. The molecule has 130 valence electrons. The van der Waals surface area contributed by atoms with Crippen LogP contribution in [0, 0.1) is 0 Å². The molecule has 1 unspecified atom stereocenters. The van der Waals surface area contributed by atoms with Crippen molar-refractivity contribution in [3.8, 4) is 11.4 Å². The Bertz CT molecular complexity index is 771. The fourth-order valence-corrected chi connectivity index (χ4v) is 3.07. The van der Waals surface area contributed by atoms with Crippen LogP contribution in [0.2, 0.25) is 0 Å². The number of amides is 2. The van der Waals surface area contributed by atoms with E-state index in [4.69, 9.17) is 0 Å². The summed E-state index contributed by atoms with van der Waals surface area (Å²) < 4.78 is 0. The van der Waals surface area contributed by atoms with Gasteiger partial charge < -0.3 is 15.5 Å². The van der Waals surface area contributed by atoms with Crippen molar-refractivity contribution in [3.05, 3.63) is 36.2 Å². The first-order valence-corrected chi connectivity index (χ1v) is 8.51. The minimum atomic E-state index is -0.496. The summed E-state index contributed by atoms with van der Waals surface area (Å²) in [5, 5.41) is 12.9. The van der Waals surface area contributed by atoms with E-state index in [1.54, 1.807) is 11.0 Å². The number of carbonyl (C=O) groups is 2. The number of rotatable bonds is 4. The molecule has 2 fully saturated rings. The van der Waals surface area contributed by atoms with Crippen molar-refractivity contribution in [3.63, 3.8) is 0 Å². The van der Waals surface area contributed by atoms with E-state index < -0.39 is 6.04 Å². The minimum absolute atomic E-state index is 0.0832. The van der Waals surface area contributed by atoms with Gasteiger partial charge in [0.1, 0.15) is 12.4 Å². The third kappa shape index (κ3) is 3.25. The molecule has 0 bridgehead atoms. The standard InChI is InChI=1S/C17H20N6O2/c24-16(21-11-5-6-11)14-9-18-7-8-23(14)17(25)13-4-2-1-3-12(13)15-19-10-20-22-15/h1-4,10-11,14,18H,5-9H2,(H,21,24)(H,19,20,22). The Labute approximate surface area is 145 Å². The molecular formula is C17H20N6O2. The van der Waals surface area contributed by atoms with Crippen molar-refractivity contribution >= 4 is 11.8 Å². The summed E-state index contributed by atoms with van der Waals surface area (Å²) in [7, 11) is 0. The first-order chi connectivity index (χ1) is 12.2. The molecule has 2 aromatic rings. The third-order valence-corrected chi connectivity index (χ3v) is 4.56. The van der Waals surface area contributed by atoms with Gasteiger partial charge in [0, 0.05) is 31.2 Å². The van der Waals surface area contributed by atoms with Gasteiger partial charge in [-0.2, -0.15) is 5.10 Å². The minimum Gasteiger partial charge on any atom is -0.352 e. The van der Waals surface area contributed by atoms with Crippen LogP contribution in [0.15, 0.2) is 30.6 Å². The largest absolute Gasteiger partial charge is 0.352 e. The monoisotopic (exact) mass is 340 g/mol. The van der Waals surface area contributed by atoms with Crippen LogP contribution in [0.1, 0.15) is 23.2 Å². The summed E-state index contributed by atoms with van der Waals surface area (Å²) in [5.41, 5.74) is 1.20. The molecule has 2 aliphatic rings. The van der Waals surface area contributed by atoms with Gasteiger partial charge in [-0.15, -0.1) is 0 Å². The van der Waals surface area contributed by atoms with Gasteiger partial charge in [-0.3, -0.25) is 14.7 Å². The predicted octanol–water partition coefficient (Wildman–Crippen LogP) is 0.164. The lowest BCUT2D eigenvalue weighted by Crippen LogP contribution is -2.59. The lowest BCUT2D eigenvalue weighted by Gasteiger charge is -2.35. The van der Waals surface area contributed by atoms with Gasteiger partial charge in [-0.1, -0.05) is 18.2 Å². The molecule has 4 rings (SSSR count). The van der Waals surface area contributed by atoms with Crippen LogP contribution in [0.3, 0.4) is 0 Å². The molecule has 1 saturated heterocycles. The van der Waals surface area contributed by atoms with Gasteiger partial charge in [-0.05, 0) is 18.9 Å². The van der Waals surface area contributed by atoms with Crippen molar-refractivity contribution in [1.29, 1.82) is 0 Å². The number of hydrogen-bond acceptors (Lipinski definition) is 5. The molecule has 25 heavy (non-hydrogen) atoms. The summed E-state index contributed by atoms with van der Waals surface area (Å²) in [6.07, 6.45) is 3.45. The highest BCUT2D eigenvalue weighted by Gasteiger charge is 2.36. The Balaban J connectivity index is 1.61. The number of aromatic amines is 1. The number of benzene rings is 1. The lowest BCUT2D eigenvalue weighted by atomic mass is 10.0. The Kier molecular flexibility index (Phi) is 4.19. The zero-order chi connectivity index (χ0) is 17.2. The van der Waals surface area contributed by atoms with Gasteiger partial charge in [0.2, 0.25) is 5.91 Å². The molecule has 1 aliphatic heterocycles. The molecule has 2 heterocycles. The van der Waals surface area contributed by atoms with Crippen molar-refractivity contribution < 1.29 is 9.59 Å². The van der Waals surface area contributed by atoms with Gasteiger partial charge in [0.05, 0.1) is 5.56 Å². The fourth-order valence-electron chi connectivity index (χ4n) is 3.07. The second-order valence-corrected chi connectivity index (χ2v) is 6.38. The number of hydrogen-bond donors (Lipinski definition) is 3. The first-order valence-electron chi connectivity index (χ1n) is 8.51. The van der Waals surface area contributed by atoms with E-state index >= 15 is 0 Å². The van der Waals surface area contributed by atoms with Crippen LogP contribution < -0.4 is 10.6 Å². The maximum Gasteiger partial charge on any atom is 0.255 e. The fraction of sp³-hybridized carbons (Fsp3) is 0.412. The van der Waals surface area contributed by atoms with Crippen molar-refractivity contribution in [2.45, 2.75) is 24.9 Å². The van der Waals surface area contributed by atoms with E-state index in [0.29, 0.717) is 36.6 Å².